The van der Waals surface area contributed by atoms with Crippen molar-refractivity contribution in [1.29, 1.82) is 0 Å². The predicted octanol–water partition coefficient (Wildman–Crippen LogP) is 3.49. The third-order valence-electron chi connectivity index (χ3n) is 3.58. The van der Waals surface area contributed by atoms with Crippen LogP contribution < -0.4 is 15.0 Å². The fourth-order valence-corrected chi connectivity index (χ4v) is 2.60. The third kappa shape index (κ3) is 4.63. The van der Waals surface area contributed by atoms with Crippen molar-refractivity contribution in [2.45, 2.75) is 13.5 Å². The molecule has 23 heavy (non-hydrogen) atoms. The van der Waals surface area contributed by atoms with Crippen molar-refractivity contribution >= 4 is 23.2 Å². The highest BCUT2D eigenvalue weighted by molar-refractivity contribution is 6.33. The van der Waals surface area contributed by atoms with Gasteiger partial charge in [-0.05, 0) is 25.1 Å². The highest BCUT2D eigenvalue weighted by atomic mass is 35.5. The highest BCUT2D eigenvalue weighted by Crippen LogP contribution is 2.24. The second-order valence-electron chi connectivity index (χ2n) is 5.05. The van der Waals surface area contributed by atoms with Crippen LogP contribution in [0.25, 0.3) is 0 Å². The molecule has 2 aromatic carbocycles. The van der Waals surface area contributed by atoms with Gasteiger partial charge in [0.1, 0.15) is 5.75 Å². The van der Waals surface area contributed by atoms with Crippen molar-refractivity contribution in [3.05, 3.63) is 59.1 Å². The van der Waals surface area contributed by atoms with Gasteiger partial charge in [-0.3, -0.25) is 4.79 Å². The number of nitrogens with one attached hydrogen (secondary N) is 1. The molecule has 0 saturated heterocycles. The van der Waals surface area contributed by atoms with Crippen LogP contribution >= 0.6 is 11.6 Å². The molecule has 0 spiro atoms. The van der Waals surface area contributed by atoms with Crippen molar-refractivity contribution in [3.8, 4) is 5.75 Å². The SMILES string of the molecule is CCN(CC(=O)NCc1ccccc1OC)c1ccccc1Cl. The Morgan fingerprint density at radius 1 is 1.17 bits per heavy atom. The Morgan fingerprint density at radius 2 is 1.87 bits per heavy atom. The lowest BCUT2D eigenvalue weighted by Crippen LogP contribution is -2.37. The first-order chi connectivity index (χ1) is 11.2. The number of nitrogens with zero attached hydrogens (tertiary/aromatic N) is 1. The lowest BCUT2D eigenvalue weighted by atomic mass is 10.2. The number of halogens is 1. The fraction of sp³-hybridized carbons (Fsp3) is 0.278. The Balaban J connectivity index is 1.97. The fourth-order valence-electron chi connectivity index (χ4n) is 2.35. The van der Waals surface area contributed by atoms with E-state index in [-0.39, 0.29) is 12.5 Å². The van der Waals surface area contributed by atoms with Crippen LogP contribution in [0.3, 0.4) is 0 Å². The number of methoxy groups -OCH3 is 1. The number of hydrogen-bond acceptors (Lipinski definition) is 3. The molecule has 0 aromatic heterocycles. The summed E-state index contributed by atoms with van der Waals surface area (Å²) in [4.78, 5) is 14.2. The lowest BCUT2D eigenvalue weighted by molar-refractivity contribution is -0.119. The van der Waals surface area contributed by atoms with Crippen LogP contribution in [0.5, 0.6) is 5.75 Å². The molecular formula is C18H21ClN2O2. The first kappa shape index (κ1) is 17.2. The molecule has 1 amide bonds. The van der Waals surface area contributed by atoms with Gasteiger partial charge in [-0.25, -0.2) is 0 Å². The maximum Gasteiger partial charge on any atom is 0.239 e. The molecule has 0 atom stereocenters. The summed E-state index contributed by atoms with van der Waals surface area (Å²) in [6.07, 6.45) is 0. The number of likely N-dealkylation sites (N-methyl/N-ethyl adjacent to an activating group) is 1. The normalized spacial score (nSPS) is 10.2. The summed E-state index contributed by atoms with van der Waals surface area (Å²) in [6.45, 7) is 3.39. The molecule has 4 nitrogen and oxygen atoms in total. The minimum atomic E-state index is -0.0577. The molecule has 1 N–H and O–H groups in total. The van der Waals surface area contributed by atoms with Gasteiger partial charge in [-0.1, -0.05) is 41.9 Å². The molecule has 0 heterocycles. The van der Waals surface area contributed by atoms with Crippen LogP contribution in [-0.2, 0) is 11.3 Å². The van der Waals surface area contributed by atoms with E-state index in [4.69, 9.17) is 16.3 Å². The molecule has 122 valence electrons. The van der Waals surface area contributed by atoms with Crippen LogP contribution in [0.15, 0.2) is 48.5 Å². The van der Waals surface area contributed by atoms with Gasteiger partial charge in [0.25, 0.3) is 0 Å². The topological polar surface area (TPSA) is 41.6 Å². The largest absolute Gasteiger partial charge is 0.496 e. The number of amides is 1. The predicted molar refractivity (Wildman–Crippen MR) is 94.2 cm³/mol. The van der Waals surface area contributed by atoms with E-state index < -0.39 is 0 Å². The van der Waals surface area contributed by atoms with Crippen molar-refractivity contribution in [2.24, 2.45) is 0 Å². The average molecular weight is 333 g/mol. The van der Waals surface area contributed by atoms with E-state index in [1.54, 1.807) is 7.11 Å². The zero-order valence-electron chi connectivity index (χ0n) is 13.4. The van der Waals surface area contributed by atoms with Crippen molar-refractivity contribution in [1.82, 2.24) is 5.32 Å². The standard InChI is InChI=1S/C18H21ClN2O2/c1-3-21(16-10-6-5-9-15(16)19)13-18(22)20-12-14-8-4-7-11-17(14)23-2/h4-11H,3,12-13H2,1-2H3,(H,20,22). The quantitative estimate of drug-likeness (QED) is 0.844. The Bertz CT molecular complexity index is 661. The molecule has 0 aliphatic carbocycles. The second-order valence-corrected chi connectivity index (χ2v) is 5.46. The van der Waals surface area contributed by atoms with Crippen molar-refractivity contribution < 1.29 is 9.53 Å². The Labute approximate surface area is 142 Å². The molecule has 0 unspecified atom stereocenters. The summed E-state index contributed by atoms with van der Waals surface area (Å²) in [5.41, 5.74) is 1.81. The number of rotatable bonds is 7. The van der Waals surface area contributed by atoms with Gasteiger partial charge in [0.2, 0.25) is 5.91 Å². The summed E-state index contributed by atoms with van der Waals surface area (Å²) in [5, 5.41) is 3.57. The summed E-state index contributed by atoms with van der Waals surface area (Å²) < 4.78 is 5.29. The van der Waals surface area contributed by atoms with E-state index in [9.17, 15) is 4.79 Å². The van der Waals surface area contributed by atoms with E-state index >= 15 is 0 Å². The van der Waals surface area contributed by atoms with Crippen molar-refractivity contribution in [3.63, 3.8) is 0 Å². The molecule has 0 aliphatic heterocycles. The molecule has 0 fully saturated rings. The first-order valence-corrected chi connectivity index (χ1v) is 7.91. The number of carbonyl (C=O) groups is 1. The second kappa shape index (κ2) is 8.44. The van der Waals surface area contributed by atoms with Gasteiger partial charge < -0.3 is 15.0 Å². The van der Waals surface area contributed by atoms with Crippen LogP contribution in [0.4, 0.5) is 5.69 Å². The number of ether oxygens (including phenoxy) is 1. The van der Waals surface area contributed by atoms with Gasteiger partial charge in [0, 0.05) is 18.7 Å². The molecule has 2 aromatic rings. The van der Waals surface area contributed by atoms with Gasteiger partial charge in [0.05, 0.1) is 24.4 Å². The Kier molecular flexibility index (Phi) is 6.29. The molecule has 0 bridgehead atoms. The summed E-state index contributed by atoms with van der Waals surface area (Å²) in [7, 11) is 1.62. The molecule has 2 rings (SSSR count). The smallest absolute Gasteiger partial charge is 0.239 e. The van der Waals surface area contributed by atoms with Gasteiger partial charge in [-0.2, -0.15) is 0 Å². The summed E-state index contributed by atoms with van der Waals surface area (Å²) in [6, 6.07) is 15.2. The number of para-hydroxylation sites is 2. The zero-order chi connectivity index (χ0) is 16.7. The summed E-state index contributed by atoms with van der Waals surface area (Å²) in [5.74, 6) is 0.712. The Morgan fingerprint density at radius 3 is 2.57 bits per heavy atom. The maximum absolute atomic E-state index is 12.2. The average Bonchev–Trinajstić information content (AvgIpc) is 2.58. The van der Waals surface area contributed by atoms with Crippen LogP contribution in [0.1, 0.15) is 12.5 Å². The number of hydrogen-bond donors (Lipinski definition) is 1. The maximum atomic E-state index is 12.2. The van der Waals surface area contributed by atoms with Crippen molar-refractivity contribution in [2.75, 3.05) is 25.1 Å². The van der Waals surface area contributed by atoms with E-state index in [1.807, 2.05) is 60.4 Å². The molecule has 0 saturated carbocycles. The molecule has 5 heteroatoms. The van der Waals surface area contributed by atoms with Gasteiger partial charge in [0.15, 0.2) is 0 Å². The van der Waals surface area contributed by atoms with Gasteiger partial charge in [-0.15, -0.1) is 0 Å². The lowest BCUT2D eigenvalue weighted by Gasteiger charge is -2.23. The van der Waals surface area contributed by atoms with Crippen LogP contribution in [0, 0.1) is 0 Å². The Hall–Kier alpha value is -2.20. The van der Waals surface area contributed by atoms with E-state index in [0.717, 1.165) is 17.0 Å². The molecule has 0 aliphatic rings. The minimum Gasteiger partial charge on any atom is -0.496 e. The minimum absolute atomic E-state index is 0.0577. The van der Waals surface area contributed by atoms with E-state index in [1.165, 1.54) is 0 Å². The number of carbonyl (C=O) groups excluding carboxylic acids is 1. The molecule has 0 radical (unpaired) electrons. The van der Waals surface area contributed by atoms with Crippen LogP contribution in [-0.4, -0.2) is 26.1 Å². The first-order valence-electron chi connectivity index (χ1n) is 7.53. The summed E-state index contributed by atoms with van der Waals surface area (Å²) >= 11 is 6.20. The molecular weight excluding hydrogens is 312 g/mol. The zero-order valence-corrected chi connectivity index (χ0v) is 14.1. The third-order valence-corrected chi connectivity index (χ3v) is 3.90. The van der Waals surface area contributed by atoms with E-state index in [2.05, 4.69) is 5.32 Å². The van der Waals surface area contributed by atoms with Crippen LogP contribution in [0.2, 0.25) is 5.02 Å². The number of anilines is 1. The monoisotopic (exact) mass is 332 g/mol. The highest BCUT2D eigenvalue weighted by Gasteiger charge is 2.13. The van der Waals surface area contributed by atoms with Gasteiger partial charge >= 0.3 is 0 Å². The number of benzene rings is 2. The van der Waals surface area contributed by atoms with E-state index in [0.29, 0.717) is 18.1 Å².